The van der Waals surface area contributed by atoms with Crippen LogP contribution in [0.1, 0.15) is 26.2 Å². The zero-order valence-electron chi connectivity index (χ0n) is 11.9. The van der Waals surface area contributed by atoms with Crippen LogP contribution in [0.25, 0.3) is 0 Å². The Labute approximate surface area is 122 Å². The lowest BCUT2D eigenvalue weighted by atomic mass is 10.1. The van der Waals surface area contributed by atoms with Crippen LogP contribution in [-0.4, -0.2) is 30.5 Å². The number of rotatable bonds is 4. The topological polar surface area (TPSA) is 67.4 Å². The van der Waals surface area contributed by atoms with E-state index in [2.05, 4.69) is 10.6 Å². The van der Waals surface area contributed by atoms with Gasteiger partial charge in [0.2, 0.25) is 5.91 Å². The Morgan fingerprint density at radius 3 is 2.81 bits per heavy atom. The third-order valence-corrected chi connectivity index (χ3v) is 3.35. The van der Waals surface area contributed by atoms with E-state index in [9.17, 15) is 14.0 Å². The number of nitrogens with one attached hydrogen (secondary N) is 2. The molecule has 1 saturated heterocycles. The number of ether oxygens (including phenoxy) is 1. The lowest BCUT2D eigenvalue weighted by Crippen LogP contribution is -2.49. The molecule has 0 radical (unpaired) electrons. The van der Waals surface area contributed by atoms with E-state index in [1.54, 1.807) is 6.92 Å². The summed E-state index contributed by atoms with van der Waals surface area (Å²) in [6, 6.07) is 4.92. The minimum absolute atomic E-state index is 0.158. The highest BCUT2D eigenvalue weighted by molar-refractivity contribution is 5.89. The van der Waals surface area contributed by atoms with Gasteiger partial charge in [0.05, 0.1) is 0 Å². The number of hydrogen-bond donors (Lipinski definition) is 2. The van der Waals surface area contributed by atoms with E-state index in [1.807, 2.05) is 0 Å². The van der Waals surface area contributed by atoms with Crippen molar-refractivity contribution in [1.82, 2.24) is 10.6 Å². The van der Waals surface area contributed by atoms with Crippen molar-refractivity contribution in [3.63, 3.8) is 0 Å². The molecule has 2 rings (SSSR count). The Morgan fingerprint density at radius 1 is 1.38 bits per heavy atom. The van der Waals surface area contributed by atoms with Gasteiger partial charge in [-0.05, 0) is 50.5 Å². The molecule has 1 aromatic carbocycles. The van der Waals surface area contributed by atoms with Gasteiger partial charge in [-0.3, -0.25) is 9.59 Å². The monoisotopic (exact) mass is 294 g/mol. The van der Waals surface area contributed by atoms with Crippen molar-refractivity contribution < 1.29 is 18.7 Å². The molecule has 2 amide bonds. The Balaban J connectivity index is 1.89. The smallest absolute Gasteiger partial charge is 0.261 e. The quantitative estimate of drug-likeness (QED) is 0.881. The molecule has 0 bridgehead atoms. The van der Waals surface area contributed by atoms with E-state index in [-0.39, 0.29) is 17.6 Å². The van der Waals surface area contributed by atoms with Gasteiger partial charge in [0.15, 0.2) is 6.10 Å². The van der Waals surface area contributed by atoms with Crippen LogP contribution in [0.2, 0.25) is 0 Å². The highest BCUT2D eigenvalue weighted by Gasteiger charge is 2.25. The third-order valence-electron chi connectivity index (χ3n) is 3.35. The first-order valence-electron chi connectivity index (χ1n) is 7.06. The average Bonchev–Trinajstić information content (AvgIpc) is 2.66. The summed E-state index contributed by atoms with van der Waals surface area (Å²) in [5.41, 5.74) is 0. The van der Waals surface area contributed by atoms with Gasteiger partial charge in [0.1, 0.15) is 17.6 Å². The minimum Gasteiger partial charge on any atom is -0.481 e. The molecular formula is C15H19FN2O3. The summed E-state index contributed by atoms with van der Waals surface area (Å²) in [5, 5.41) is 5.45. The summed E-state index contributed by atoms with van der Waals surface area (Å²) in [4.78, 5) is 23.8. The molecule has 1 fully saturated rings. The van der Waals surface area contributed by atoms with Crippen LogP contribution in [0, 0.1) is 5.82 Å². The highest BCUT2D eigenvalue weighted by Crippen LogP contribution is 2.13. The summed E-state index contributed by atoms with van der Waals surface area (Å²) >= 11 is 0. The Morgan fingerprint density at radius 2 is 2.10 bits per heavy atom. The number of carbonyl (C=O) groups excluding carboxylic acids is 2. The Kier molecular flexibility index (Phi) is 5.14. The second-order valence-corrected chi connectivity index (χ2v) is 5.06. The second kappa shape index (κ2) is 7.06. The van der Waals surface area contributed by atoms with E-state index in [0.717, 1.165) is 12.8 Å². The largest absolute Gasteiger partial charge is 0.481 e. The average molecular weight is 294 g/mol. The van der Waals surface area contributed by atoms with Crippen LogP contribution < -0.4 is 15.4 Å². The van der Waals surface area contributed by atoms with Gasteiger partial charge in [-0.25, -0.2) is 4.39 Å². The predicted octanol–water partition coefficient (Wildman–Crippen LogP) is 1.38. The van der Waals surface area contributed by atoms with Crippen LogP contribution in [0.4, 0.5) is 4.39 Å². The number of carbonyl (C=O) groups is 2. The summed E-state index contributed by atoms with van der Waals surface area (Å²) in [7, 11) is 0. The van der Waals surface area contributed by atoms with Gasteiger partial charge in [0.25, 0.3) is 5.91 Å². The fraction of sp³-hybridized carbons (Fsp3) is 0.467. The van der Waals surface area contributed by atoms with Gasteiger partial charge in [-0.15, -0.1) is 0 Å². The van der Waals surface area contributed by atoms with E-state index >= 15 is 0 Å². The molecule has 1 heterocycles. The third kappa shape index (κ3) is 4.44. The molecule has 6 heteroatoms. The van der Waals surface area contributed by atoms with Crippen molar-refractivity contribution in [1.29, 1.82) is 0 Å². The molecule has 0 saturated carbocycles. The number of amides is 2. The van der Waals surface area contributed by atoms with Crippen LogP contribution in [0.15, 0.2) is 24.3 Å². The molecule has 0 spiro atoms. The van der Waals surface area contributed by atoms with Crippen LogP contribution >= 0.6 is 0 Å². The molecule has 5 nitrogen and oxygen atoms in total. The molecular weight excluding hydrogens is 275 g/mol. The molecule has 1 aliphatic heterocycles. The standard InChI is InChI=1S/C15H19FN2O3/c1-10(21-12-7-5-11(16)6-8-12)14(19)18-13-4-2-3-9-17-15(13)20/h5-8,10,13H,2-4,9H2,1H3,(H,17,20)(H,18,19)/t10-,13-/m0/s1. The fourth-order valence-electron chi connectivity index (χ4n) is 2.14. The van der Waals surface area contributed by atoms with Gasteiger partial charge < -0.3 is 15.4 Å². The lowest BCUT2D eigenvalue weighted by Gasteiger charge is -2.19. The first kappa shape index (κ1) is 15.3. The van der Waals surface area contributed by atoms with Gasteiger partial charge in [-0.1, -0.05) is 0 Å². The van der Waals surface area contributed by atoms with E-state index in [4.69, 9.17) is 4.74 Å². The van der Waals surface area contributed by atoms with Crippen LogP contribution in [0.3, 0.4) is 0 Å². The Hall–Kier alpha value is -2.11. The summed E-state index contributed by atoms with van der Waals surface area (Å²) in [6.45, 7) is 2.24. The number of hydrogen-bond acceptors (Lipinski definition) is 3. The zero-order valence-corrected chi connectivity index (χ0v) is 11.9. The SMILES string of the molecule is C[C@H](Oc1ccc(F)cc1)C(=O)N[C@H]1CCCCNC1=O. The zero-order chi connectivity index (χ0) is 15.2. The second-order valence-electron chi connectivity index (χ2n) is 5.06. The maximum Gasteiger partial charge on any atom is 0.261 e. The van der Waals surface area contributed by atoms with E-state index in [1.165, 1.54) is 24.3 Å². The molecule has 2 atom stereocenters. The summed E-state index contributed by atoms with van der Waals surface area (Å²) in [6.07, 6.45) is 1.67. The van der Waals surface area contributed by atoms with Gasteiger partial charge >= 0.3 is 0 Å². The summed E-state index contributed by atoms with van der Waals surface area (Å²) < 4.78 is 18.2. The predicted molar refractivity (Wildman–Crippen MR) is 75.3 cm³/mol. The molecule has 1 aliphatic rings. The van der Waals surface area contributed by atoms with E-state index in [0.29, 0.717) is 18.7 Å². The molecule has 0 aromatic heterocycles. The lowest BCUT2D eigenvalue weighted by molar-refractivity contribution is -0.132. The van der Waals surface area contributed by atoms with Crippen molar-refractivity contribution in [2.45, 2.75) is 38.3 Å². The van der Waals surface area contributed by atoms with Crippen LogP contribution in [0.5, 0.6) is 5.75 Å². The van der Waals surface area contributed by atoms with Gasteiger partial charge in [0, 0.05) is 6.54 Å². The van der Waals surface area contributed by atoms with E-state index < -0.39 is 12.1 Å². The molecule has 0 unspecified atom stereocenters. The van der Waals surface area contributed by atoms with Gasteiger partial charge in [-0.2, -0.15) is 0 Å². The summed E-state index contributed by atoms with van der Waals surface area (Å²) in [5.74, 6) is -0.477. The number of halogens is 1. The molecule has 2 N–H and O–H groups in total. The fourth-order valence-corrected chi connectivity index (χ4v) is 2.14. The highest BCUT2D eigenvalue weighted by atomic mass is 19.1. The van der Waals surface area contributed by atoms with Crippen molar-refractivity contribution in [3.05, 3.63) is 30.1 Å². The first-order chi connectivity index (χ1) is 10.1. The maximum atomic E-state index is 12.8. The number of benzene rings is 1. The first-order valence-corrected chi connectivity index (χ1v) is 7.06. The molecule has 114 valence electrons. The Bertz CT molecular complexity index is 504. The molecule has 1 aromatic rings. The van der Waals surface area contributed by atoms with Crippen molar-refractivity contribution in [2.75, 3.05) is 6.54 Å². The minimum atomic E-state index is -0.758. The molecule has 0 aliphatic carbocycles. The van der Waals surface area contributed by atoms with Crippen molar-refractivity contribution in [2.24, 2.45) is 0 Å². The van der Waals surface area contributed by atoms with Crippen molar-refractivity contribution >= 4 is 11.8 Å². The normalized spacial score (nSPS) is 20.1. The van der Waals surface area contributed by atoms with Crippen LogP contribution in [-0.2, 0) is 9.59 Å². The van der Waals surface area contributed by atoms with Crippen molar-refractivity contribution in [3.8, 4) is 5.75 Å². The molecule has 21 heavy (non-hydrogen) atoms. The maximum absolute atomic E-state index is 12.8.